The largest absolute Gasteiger partial charge is 0.349 e. The van der Waals surface area contributed by atoms with Gasteiger partial charge in [-0.25, -0.2) is 0 Å². The Kier molecular flexibility index (Phi) is 6.16. The Morgan fingerprint density at radius 3 is 2.78 bits per heavy atom. The van der Waals surface area contributed by atoms with Gasteiger partial charge in [-0.15, -0.1) is 0 Å². The van der Waals surface area contributed by atoms with Crippen LogP contribution in [0.4, 0.5) is 0 Å². The van der Waals surface area contributed by atoms with Crippen LogP contribution in [0.15, 0.2) is 24.3 Å². The predicted octanol–water partition coefficient (Wildman–Crippen LogP) is 2.86. The van der Waals surface area contributed by atoms with Crippen LogP contribution in [-0.4, -0.2) is 31.4 Å². The summed E-state index contributed by atoms with van der Waals surface area (Å²) >= 11 is 5.95. The van der Waals surface area contributed by atoms with Crippen LogP contribution in [-0.2, 0) is 4.79 Å². The van der Waals surface area contributed by atoms with Crippen molar-refractivity contribution in [3.8, 4) is 0 Å². The van der Waals surface area contributed by atoms with Crippen LogP contribution >= 0.6 is 11.6 Å². The van der Waals surface area contributed by atoms with Gasteiger partial charge >= 0.3 is 0 Å². The lowest BCUT2D eigenvalue weighted by atomic mass is 10.1. The maximum atomic E-state index is 11.4. The molecule has 0 aliphatic heterocycles. The summed E-state index contributed by atoms with van der Waals surface area (Å²) in [7, 11) is 3.56. The van der Waals surface area contributed by atoms with Crippen LogP contribution < -0.4 is 5.32 Å². The third kappa shape index (κ3) is 5.07. The minimum Gasteiger partial charge on any atom is -0.349 e. The average Bonchev–Trinajstić information content (AvgIpc) is 2.33. The molecule has 0 aliphatic rings. The first kappa shape index (κ1) is 15.0. The normalized spacial score (nSPS) is 12.2. The Morgan fingerprint density at radius 2 is 2.17 bits per heavy atom. The number of nitrogens with zero attached hydrogens (tertiary/aromatic N) is 1. The second kappa shape index (κ2) is 7.39. The first-order chi connectivity index (χ1) is 8.50. The van der Waals surface area contributed by atoms with Gasteiger partial charge in [0, 0.05) is 31.6 Å². The standard InChI is InChI=1S/C14H21ClN2O/c1-11(12-6-4-7-13(15)10-12)16-9-5-8-14(18)17(2)3/h4,6-7,10-11,16H,5,8-9H2,1-3H3/t11-/m1/s1. The van der Waals surface area contributed by atoms with E-state index in [-0.39, 0.29) is 11.9 Å². The van der Waals surface area contributed by atoms with Gasteiger partial charge in [-0.3, -0.25) is 4.79 Å². The fraction of sp³-hybridized carbons (Fsp3) is 0.500. The van der Waals surface area contributed by atoms with Gasteiger partial charge in [-0.05, 0) is 37.6 Å². The molecule has 0 aromatic heterocycles. The highest BCUT2D eigenvalue weighted by atomic mass is 35.5. The Bertz CT molecular complexity index is 393. The molecule has 1 rings (SSSR count). The SMILES string of the molecule is C[C@@H](NCCCC(=O)N(C)C)c1cccc(Cl)c1. The Balaban J connectivity index is 2.29. The average molecular weight is 269 g/mol. The first-order valence-electron chi connectivity index (χ1n) is 6.19. The minimum absolute atomic E-state index is 0.173. The molecule has 0 spiro atoms. The van der Waals surface area contributed by atoms with Crippen molar-refractivity contribution in [3.05, 3.63) is 34.9 Å². The second-order valence-corrected chi connectivity index (χ2v) is 5.06. The maximum absolute atomic E-state index is 11.4. The van der Waals surface area contributed by atoms with E-state index in [9.17, 15) is 4.79 Å². The van der Waals surface area contributed by atoms with Crippen molar-refractivity contribution >= 4 is 17.5 Å². The molecule has 18 heavy (non-hydrogen) atoms. The molecule has 0 saturated heterocycles. The van der Waals surface area contributed by atoms with Crippen molar-refractivity contribution in [3.63, 3.8) is 0 Å². The summed E-state index contributed by atoms with van der Waals surface area (Å²) in [6.45, 7) is 2.92. The van der Waals surface area contributed by atoms with E-state index in [0.717, 1.165) is 18.0 Å². The molecule has 0 radical (unpaired) electrons. The van der Waals surface area contributed by atoms with Crippen LogP contribution in [0.3, 0.4) is 0 Å². The number of carbonyl (C=O) groups excluding carboxylic acids is 1. The van der Waals surface area contributed by atoms with Gasteiger partial charge in [0.25, 0.3) is 0 Å². The predicted molar refractivity (Wildman–Crippen MR) is 75.8 cm³/mol. The quantitative estimate of drug-likeness (QED) is 0.805. The molecule has 0 bridgehead atoms. The number of hydrogen-bond acceptors (Lipinski definition) is 2. The van der Waals surface area contributed by atoms with Crippen molar-refractivity contribution in [2.75, 3.05) is 20.6 Å². The number of hydrogen-bond donors (Lipinski definition) is 1. The minimum atomic E-state index is 0.173. The number of carbonyl (C=O) groups is 1. The molecule has 1 aromatic carbocycles. The van der Waals surface area contributed by atoms with E-state index in [0.29, 0.717) is 6.42 Å². The van der Waals surface area contributed by atoms with Crippen molar-refractivity contribution in [1.29, 1.82) is 0 Å². The smallest absolute Gasteiger partial charge is 0.222 e. The van der Waals surface area contributed by atoms with Gasteiger partial charge in [-0.2, -0.15) is 0 Å². The third-order valence-corrected chi connectivity index (χ3v) is 3.10. The molecule has 0 unspecified atom stereocenters. The summed E-state index contributed by atoms with van der Waals surface area (Å²) < 4.78 is 0. The number of rotatable bonds is 6. The third-order valence-electron chi connectivity index (χ3n) is 2.87. The summed E-state index contributed by atoms with van der Waals surface area (Å²) in [5.74, 6) is 0.173. The highest BCUT2D eigenvalue weighted by molar-refractivity contribution is 6.30. The Labute approximate surface area is 114 Å². The van der Waals surface area contributed by atoms with E-state index in [1.807, 2.05) is 18.2 Å². The lowest BCUT2D eigenvalue weighted by molar-refractivity contribution is -0.128. The van der Waals surface area contributed by atoms with Crippen LogP contribution in [0, 0.1) is 0 Å². The van der Waals surface area contributed by atoms with Crippen LogP contribution in [0.1, 0.15) is 31.4 Å². The monoisotopic (exact) mass is 268 g/mol. The summed E-state index contributed by atoms with van der Waals surface area (Å²) in [5, 5.41) is 4.14. The Hall–Kier alpha value is -1.06. The molecule has 1 aromatic rings. The van der Waals surface area contributed by atoms with E-state index in [1.165, 1.54) is 5.56 Å². The van der Waals surface area contributed by atoms with Crippen molar-refractivity contribution < 1.29 is 4.79 Å². The first-order valence-corrected chi connectivity index (χ1v) is 6.57. The van der Waals surface area contributed by atoms with E-state index >= 15 is 0 Å². The summed E-state index contributed by atoms with van der Waals surface area (Å²) in [5.41, 5.74) is 1.17. The number of benzene rings is 1. The van der Waals surface area contributed by atoms with Crippen molar-refractivity contribution in [1.82, 2.24) is 10.2 Å². The maximum Gasteiger partial charge on any atom is 0.222 e. The van der Waals surface area contributed by atoms with Gasteiger partial charge in [-0.1, -0.05) is 23.7 Å². The van der Waals surface area contributed by atoms with Crippen LogP contribution in [0.5, 0.6) is 0 Å². The molecule has 0 saturated carbocycles. The molecule has 0 aliphatic carbocycles. The zero-order chi connectivity index (χ0) is 13.5. The highest BCUT2D eigenvalue weighted by Crippen LogP contribution is 2.17. The fourth-order valence-electron chi connectivity index (χ4n) is 1.68. The van der Waals surface area contributed by atoms with E-state index in [4.69, 9.17) is 11.6 Å². The lowest BCUT2D eigenvalue weighted by Crippen LogP contribution is -2.24. The molecule has 0 heterocycles. The molecule has 3 nitrogen and oxygen atoms in total. The number of nitrogens with one attached hydrogen (secondary N) is 1. The van der Waals surface area contributed by atoms with Crippen molar-refractivity contribution in [2.24, 2.45) is 0 Å². The molecule has 0 fully saturated rings. The van der Waals surface area contributed by atoms with E-state index < -0.39 is 0 Å². The van der Waals surface area contributed by atoms with Gasteiger partial charge in [0.2, 0.25) is 5.91 Å². The number of halogens is 1. The molecule has 1 amide bonds. The highest BCUT2D eigenvalue weighted by Gasteiger charge is 2.06. The summed E-state index contributed by atoms with van der Waals surface area (Å²) in [6.07, 6.45) is 1.43. The van der Waals surface area contributed by atoms with Crippen molar-refractivity contribution in [2.45, 2.75) is 25.8 Å². The topological polar surface area (TPSA) is 32.3 Å². The molecular weight excluding hydrogens is 248 g/mol. The molecule has 100 valence electrons. The summed E-state index contributed by atoms with van der Waals surface area (Å²) in [4.78, 5) is 13.0. The zero-order valence-corrected chi connectivity index (χ0v) is 12.0. The Morgan fingerprint density at radius 1 is 1.44 bits per heavy atom. The molecule has 1 atom stereocenters. The lowest BCUT2D eigenvalue weighted by Gasteiger charge is -2.15. The van der Waals surface area contributed by atoms with Gasteiger partial charge in [0.15, 0.2) is 0 Å². The van der Waals surface area contributed by atoms with Crippen LogP contribution in [0.2, 0.25) is 5.02 Å². The molecular formula is C14H21ClN2O. The number of amides is 1. The summed E-state index contributed by atoms with van der Waals surface area (Å²) in [6, 6.07) is 8.08. The fourth-order valence-corrected chi connectivity index (χ4v) is 1.87. The van der Waals surface area contributed by atoms with E-state index in [1.54, 1.807) is 19.0 Å². The second-order valence-electron chi connectivity index (χ2n) is 4.62. The van der Waals surface area contributed by atoms with Gasteiger partial charge in [0.05, 0.1) is 0 Å². The molecule has 1 N–H and O–H groups in total. The van der Waals surface area contributed by atoms with E-state index in [2.05, 4.69) is 18.3 Å². The zero-order valence-electron chi connectivity index (χ0n) is 11.2. The van der Waals surface area contributed by atoms with Gasteiger partial charge in [0.1, 0.15) is 0 Å². The van der Waals surface area contributed by atoms with Gasteiger partial charge < -0.3 is 10.2 Å². The molecule has 4 heteroatoms. The van der Waals surface area contributed by atoms with Crippen LogP contribution in [0.25, 0.3) is 0 Å².